The fourth-order valence-electron chi connectivity index (χ4n) is 3.36. The number of phenolic OH excluding ortho intramolecular Hbond substituents is 1. The lowest BCUT2D eigenvalue weighted by Gasteiger charge is -2.33. The summed E-state index contributed by atoms with van der Waals surface area (Å²) in [6.07, 6.45) is 0.808. The van der Waals surface area contributed by atoms with Gasteiger partial charge >= 0.3 is 0 Å². The quantitative estimate of drug-likeness (QED) is 0.690. The van der Waals surface area contributed by atoms with Crippen molar-refractivity contribution in [3.63, 3.8) is 0 Å². The van der Waals surface area contributed by atoms with Crippen molar-refractivity contribution in [2.75, 3.05) is 31.1 Å². The molecule has 26 heavy (non-hydrogen) atoms. The summed E-state index contributed by atoms with van der Waals surface area (Å²) in [5.41, 5.74) is 1.61. The van der Waals surface area contributed by atoms with Gasteiger partial charge in [-0.1, -0.05) is 30.4 Å². The SMILES string of the molecule is CCc1nn2c(=O)cc(C[NH+]3CCN(c4ccccc4O)CC3)nc2s1. The van der Waals surface area contributed by atoms with E-state index >= 15 is 0 Å². The Bertz CT molecular complexity index is 975. The number of benzene rings is 1. The highest BCUT2D eigenvalue weighted by Crippen LogP contribution is 2.26. The van der Waals surface area contributed by atoms with Gasteiger partial charge in [0, 0.05) is 6.07 Å². The first-order valence-electron chi connectivity index (χ1n) is 8.89. The second-order valence-corrected chi connectivity index (χ2v) is 7.57. The number of rotatable bonds is 4. The standard InChI is InChI=1S/C18H21N5O2S/c1-2-16-20-23-17(25)11-13(19-18(23)26-16)12-21-7-9-22(10-8-21)14-5-3-4-6-15(14)24/h3-6,11,24H,2,7-10,12H2,1H3/p+1. The van der Waals surface area contributed by atoms with Crippen LogP contribution in [0, 0.1) is 0 Å². The molecule has 0 atom stereocenters. The van der Waals surface area contributed by atoms with Gasteiger partial charge < -0.3 is 14.9 Å². The minimum absolute atomic E-state index is 0.104. The van der Waals surface area contributed by atoms with E-state index in [1.165, 1.54) is 20.8 Å². The average Bonchev–Trinajstić information content (AvgIpc) is 3.07. The van der Waals surface area contributed by atoms with Crippen molar-refractivity contribution in [2.45, 2.75) is 19.9 Å². The van der Waals surface area contributed by atoms with Crippen LogP contribution in [0.2, 0.25) is 0 Å². The summed E-state index contributed by atoms with van der Waals surface area (Å²) < 4.78 is 1.40. The molecule has 0 radical (unpaired) electrons. The topological polar surface area (TPSA) is 75.2 Å². The lowest BCUT2D eigenvalue weighted by molar-refractivity contribution is -0.914. The van der Waals surface area contributed by atoms with Crippen molar-refractivity contribution < 1.29 is 10.0 Å². The van der Waals surface area contributed by atoms with Crippen molar-refractivity contribution in [2.24, 2.45) is 0 Å². The van der Waals surface area contributed by atoms with Gasteiger partial charge in [0.25, 0.3) is 5.56 Å². The Morgan fingerprint density at radius 3 is 2.77 bits per heavy atom. The molecule has 1 aliphatic rings. The van der Waals surface area contributed by atoms with Gasteiger partial charge in [0.1, 0.15) is 23.0 Å². The fourth-order valence-corrected chi connectivity index (χ4v) is 4.22. The van der Waals surface area contributed by atoms with Crippen LogP contribution in [0.25, 0.3) is 4.96 Å². The average molecular weight is 372 g/mol. The molecule has 1 aromatic carbocycles. The molecule has 8 heteroatoms. The predicted molar refractivity (Wildman–Crippen MR) is 101 cm³/mol. The zero-order valence-electron chi connectivity index (χ0n) is 14.7. The van der Waals surface area contributed by atoms with Crippen molar-refractivity contribution in [3.05, 3.63) is 51.4 Å². The lowest BCUT2D eigenvalue weighted by Crippen LogP contribution is -3.13. The van der Waals surface area contributed by atoms with Gasteiger partial charge in [-0.15, -0.1) is 0 Å². The third-order valence-corrected chi connectivity index (χ3v) is 5.82. The second-order valence-electron chi connectivity index (χ2n) is 6.53. The Hall–Kier alpha value is -2.45. The molecule has 2 aromatic heterocycles. The van der Waals surface area contributed by atoms with Crippen LogP contribution in [0.4, 0.5) is 5.69 Å². The molecule has 1 aliphatic heterocycles. The first kappa shape index (κ1) is 17.0. The van der Waals surface area contributed by atoms with E-state index in [1.54, 1.807) is 12.1 Å². The highest BCUT2D eigenvalue weighted by molar-refractivity contribution is 7.16. The molecule has 136 valence electrons. The number of phenols is 1. The van der Waals surface area contributed by atoms with Crippen molar-refractivity contribution >= 4 is 22.0 Å². The van der Waals surface area contributed by atoms with E-state index in [4.69, 9.17) is 0 Å². The second kappa shape index (κ2) is 7.05. The smallest absolute Gasteiger partial charge is 0.275 e. The van der Waals surface area contributed by atoms with Crippen molar-refractivity contribution in [3.8, 4) is 5.75 Å². The van der Waals surface area contributed by atoms with E-state index in [9.17, 15) is 9.90 Å². The molecule has 1 fully saturated rings. The summed E-state index contributed by atoms with van der Waals surface area (Å²) in [5, 5.41) is 15.2. The van der Waals surface area contributed by atoms with Gasteiger partial charge in [-0.25, -0.2) is 4.98 Å². The van der Waals surface area contributed by atoms with Crippen LogP contribution in [0.15, 0.2) is 35.1 Å². The summed E-state index contributed by atoms with van der Waals surface area (Å²) in [5.74, 6) is 0.327. The van der Waals surface area contributed by atoms with Crippen molar-refractivity contribution in [1.29, 1.82) is 0 Å². The van der Waals surface area contributed by atoms with Gasteiger partial charge in [-0.3, -0.25) is 4.79 Å². The lowest BCUT2D eigenvalue weighted by atomic mass is 10.2. The number of hydrogen-bond donors (Lipinski definition) is 2. The largest absolute Gasteiger partial charge is 0.506 e. The summed E-state index contributed by atoms with van der Waals surface area (Å²) in [6.45, 7) is 6.39. The minimum Gasteiger partial charge on any atom is -0.506 e. The molecular weight excluding hydrogens is 350 g/mol. The number of fused-ring (bicyclic) bond motifs is 1. The molecule has 0 bridgehead atoms. The van der Waals surface area contributed by atoms with E-state index in [0.717, 1.165) is 55.5 Å². The predicted octanol–water partition coefficient (Wildman–Crippen LogP) is 0.324. The number of nitrogens with zero attached hydrogens (tertiary/aromatic N) is 4. The van der Waals surface area contributed by atoms with Crippen LogP contribution in [-0.2, 0) is 13.0 Å². The maximum absolute atomic E-state index is 12.3. The maximum atomic E-state index is 12.3. The molecule has 3 aromatic rings. The number of nitrogens with one attached hydrogen (secondary N) is 1. The third kappa shape index (κ3) is 3.30. The highest BCUT2D eigenvalue weighted by atomic mass is 32.1. The number of quaternary nitrogens is 1. The minimum atomic E-state index is -0.104. The molecular formula is C18H22N5O2S+. The number of para-hydroxylation sites is 2. The number of hydrogen-bond acceptors (Lipinski definition) is 6. The molecule has 0 spiro atoms. The maximum Gasteiger partial charge on any atom is 0.275 e. The molecule has 2 N–H and O–H groups in total. The molecule has 1 saturated heterocycles. The summed E-state index contributed by atoms with van der Waals surface area (Å²) >= 11 is 1.48. The number of aryl methyl sites for hydroxylation is 1. The molecule has 7 nitrogen and oxygen atoms in total. The third-order valence-electron chi connectivity index (χ3n) is 4.77. The zero-order valence-corrected chi connectivity index (χ0v) is 15.5. The van der Waals surface area contributed by atoms with Crippen LogP contribution in [-0.4, -0.2) is 45.9 Å². The van der Waals surface area contributed by atoms with E-state index in [0.29, 0.717) is 10.7 Å². The Labute approximate surface area is 155 Å². The van der Waals surface area contributed by atoms with E-state index < -0.39 is 0 Å². The van der Waals surface area contributed by atoms with Crippen LogP contribution in [0.5, 0.6) is 5.75 Å². The van der Waals surface area contributed by atoms with E-state index in [2.05, 4.69) is 15.0 Å². The summed E-state index contributed by atoms with van der Waals surface area (Å²) in [6, 6.07) is 9.06. The zero-order chi connectivity index (χ0) is 18.1. The van der Waals surface area contributed by atoms with Gasteiger partial charge in [0.05, 0.1) is 31.9 Å². The highest BCUT2D eigenvalue weighted by Gasteiger charge is 2.22. The Balaban J connectivity index is 1.45. The first-order chi connectivity index (χ1) is 12.6. The first-order valence-corrected chi connectivity index (χ1v) is 9.71. The normalized spacial score (nSPS) is 15.7. The summed E-state index contributed by atoms with van der Waals surface area (Å²) in [4.78, 5) is 21.2. The molecule has 0 amide bonds. The van der Waals surface area contributed by atoms with E-state index in [-0.39, 0.29) is 5.56 Å². The monoisotopic (exact) mass is 372 g/mol. The number of anilines is 1. The Morgan fingerprint density at radius 2 is 2.04 bits per heavy atom. The Morgan fingerprint density at radius 1 is 1.27 bits per heavy atom. The van der Waals surface area contributed by atoms with Crippen molar-refractivity contribution in [1.82, 2.24) is 14.6 Å². The number of aromatic nitrogens is 3. The Kier molecular flexibility index (Phi) is 4.60. The van der Waals surface area contributed by atoms with Gasteiger partial charge in [-0.05, 0) is 18.6 Å². The van der Waals surface area contributed by atoms with Crippen LogP contribution in [0.1, 0.15) is 17.6 Å². The van der Waals surface area contributed by atoms with Gasteiger partial charge in [0.15, 0.2) is 0 Å². The van der Waals surface area contributed by atoms with Crippen LogP contribution >= 0.6 is 11.3 Å². The molecule has 0 saturated carbocycles. The van der Waals surface area contributed by atoms with Crippen LogP contribution < -0.4 is 15.4 Å². The van der Waals surface area contributed by atoms with E-state index in [1.807, 2.05) is 25.1 Å². The number of piperazine rings is 1. The van der Waals surface area contributed by atoms with Gasteiger partial charge in [0.2, 0.25) is 4.96 Å². The molecule has 0 aliphatic carbocycles. The van der Waals surface area contributed by atoms with Gasteiger partial charge in [-0.2, -0.15) is 9.61 Å². The molecule has 3 heterocycles. The molecule has 0 unspecified atom stereocenters. The fraction of sp³-hybridized carbons (Fsp3) is 0.389. The summed E-state index contributed by atoms with van der Waals surface area (Å²) in [7, 11) is 0. The number of aromatic hydroxyl groups is 1. The van der Waals surface area contributed by atoms with Crippen LogP contribution in [0.3, 0.4) is 0 Å². The molecule has 4 rings (SSSR count).